The number of nitrogens with zero attached hydrogens (tertiary/aromatic N) is 3. The lowest BCUT2D eigenvalue weighted by molar-refractivity contribution is 0.0321. The van der Waals surface area contributed by atoms with Crippen LogP contribution in [0.5, 0.6) is 11.5 Å². The average Bonchev–Trinajstić information content (AvgIpc) is 2.76. The van der Waals surface area contributed by atoms with Crippen LogP contribution in [0.15, 0.2) is 30.6 Å². The number of fused-ring (bicyclic) bond motifs is 1. The van der Waals surface area contributed by atoms with Crippen molar-refractivity contribution in [2.24, 2.45) is 0 Å². The summed E-state index contributed by atoms with van der Waals surface area (Å²) in [5.74, 6) is -0.117. The highest BCUT2D eigenvalue weighted by Gasteiger charge is 2.15. The van der Waals surface area contributed by atoms with Gasteiger partial charge in [-0.3, -0.25) is 4.90 Å². The van der Waals surface area contributed by atoms with E-state index in [1.807, 2.05) is 0 Å². The van der Waals surface area contributed by atoms with Gasteiger partial charge in [-0.1, -0.05) is 23.2 Å². The maximum Gasteiger partial charge on any atom is 0.166 e. The number of halogens is 3. The molecule has 0 amide bonds. The molecule has 1 aliphatic heterocycles. The van der Waals surface area contributed by atoms with Crippen molar-refractivity contribution in [2.45, 2.75) is 0 Å². The summed E-state index contributed by atoms with van der Waals surface area (Å²) in [5.41, 5.74) is 0.641. The van der Waals surface area contributed by atoms with E-state index in [1.165, 1.54) is 24.5 Å². The average molecular weight is 453 g/mol. The number of ether oxygens (including phenoxy) is 2. The number of hydrogen-bond donors (Lipinski definition) is 2. The Morgan fingerprint density at radius 2 is 2.00 bits per heavy atom. The molecule has 10 heteroatoms. The van der Waals surface area contributed by atoms with Crippen molar-refractivity contribution in [2.75, 3.05) is 44.8 Å². The van der Waals surface area contributed by atoms with Gasteiger partial charge < -0.3 is 19.9 Å². The molecule has 1 aliphatic rings. The summed E-state index contributed by atoms with van der Waals surface area (Å²) in [6.45, 7) is 4.31. The van der Waals surface area contributed by atoms with Gasteiger partial charge in [-0.05, 0) is 18.2 Å². The molecule has 0 bridgehead atoms. The van der Waals surface area contributed by atoms with E-state index in [4.69, 9.17) is 32.7 Å². The highest BCUT2D eigenvalue weighted by Crippen LogP contribution is 2.36. The zero-order chi connectivity index (χ0) is 21.1. The Hall–Kier alpha value is -2.39. The fourth-order valence-electron chi connectivity index (χ4n) is 3.15. The van der Waals surface area contributed by atoms with Crippen molar-refractivity contribution in [3.8, 4) is 11.5 Å². The minimum Gasteiger partial charge on any atom is -0.504 e. The molecule has 0 saturated carbocycles. The van der Waals surface area contributed by atoms with Gasteiger partial charge in [0.05, 0.1) is 34.5 Å². The Morgan fingerprint density at radius 3 is 2.80 bits per heavy atom. The molecular weight excluding hydrogens is 434 g/mol. The zero-order valence-electron chi connectivity index (χ0n) is 15.9. The highest BCUT2D eigenvalue weighted by molar-refractivity contribution is 6.42. The SMILES string of the molecule is Oc1cc2c(Nc3ccc(Cl)c(Cl)c3F)ncnc2cc1OCCN1CCOCC1. The van der Waals surface area contributed by atoms with Gasteiger partial charge >= 0.3 is 0 Å². The summed E-state index contributed by atoms with van der Waals surface area (Å²) in [5, 5.41) is 13.7. The summed E-state index contributed by atoms with van der Waals surface area (Å²) in [6.07, 6.45) is 1.34. The number of rotatable bonds is 6. The van der Waals surface area contributed by atoms with E-state index in [0.29, 0.717) is 42.3 Å². The van der Waals surface area contributed by atoms with E-state index in [2.05, 4.69) is 20.2 Å². The van der Waals surface area contributed by atoms with E-state index in [1.54, 1.807) is 6.07 Å². The second-order valence-corrected chi connectivity index (χ2v) is 7.49. The van der Waals surface area contributed by atoms with Crippen molar-refractivity contribution in [3.05, 3.63) is 46.5 Å². The van der Waals surface area contributed by atoms with Gasteiger partial charge in [-0.25, -0.2) is 14.4 Å². The molecule has 30 heavy (non-hydrogen) atoms. The van der Waals surface area contributed by atoms with Gasteiger partial charge in [-0.2, -0.15) is 0 Å². The Labute approximate surface area is 182 Å². The first-order valence-corrected chi connectivity index (χ1v) is 10.1. The smallest absolute Gasteiger partial charge is 0.166 e. The molecule has 0 radical (unpaired) electrons. The third-order valence-electron chi connectivity index (χ3n) is 4.77. The molecule has 1 saturated heterocycles. The minimum atomic E-state index is -0.691. The third-order valence-corrected chi connectivity index (χ3v) is 5.55. The molecule has 0 unspecified atom stereocenters. The van der Waals surface area contributed by atoms with Crippen LogP contribution in [0.2, 0.25) is 10.0 Å². The van der Waals surface area contributed by atoms with Crippen LogP contribution in [-0.2, 0) is 4.74 Å². The number of anilines is 2. The van der Waals surface area contributed by atoms with Gasteiger partial charge in [-0.15, -0.1) is 0 Å². The van der Waals surface area contributed by atoms with Gasteiger partial charge in [0, 0.05) is 31.1 Å². The number of benzene rings is 2. The molecular formula is C20H19Cl2FN4O3. The quantitative estimate of drug-likeness (QED) is 0.541. The Morgan fingerprint density at radius 1 is 1.20 bits per heavy atom. The maximum atomic E-state index is 14.4. The standard InChI is InChI=1S/C20H19Cl2FN4O3/c21-13-1-2-14(19(23)18(13)22)26-20-12-9-16(28)17(10-15(12)24-11-25-20)30-8-5-27-3-6-29-7-4-27/h1-2,9-11,28H,3-8H2,(H,24,25,26). The largest absolute Gasteiger partial charge is 0.504 e. The summed E-state index contributed by atoms with van der Waals surface area (Å²) in [7, 11) is 0. The van der Waals surface area contributed by atoms with E-state index >= 15 is 0 Å². The fourth-order valence-corrected chi connectivity index (χ4v) is 3.46. The second-order valence-electron chi connectivity index (χ2n) is 6.71. The van der Waals surface area contributed by atoms with Crippen LogP contribution in [0, 0.1) is 5.82 Å². The van der Waals surface area contributed by atoms with E-state index in [-0.39, 0.29) is 21.5 Å². The lowest BCUT2D eigenvalue weighted by Crippen LogP contribution is -2.38. The van der Waals surface area contributed by atoms with E-state index < -0.39 is 5.82 Å². The third kappa shape index (κ3) is 4.52. The Kier molecular flexibility index (Phi) is 6.38. The van der Waals surface area contributed by atoms with Crippen LogP contribution in [0.4, 0.5) is 15.9 Å². The van der Waals surface area contributed by atoms with Crippen molar-refractivity contribution < 1.29 is 19.0 Å². The Bertz CT molecular complexity index is 1060. The first-order chi connectivity index (χ1) is 14.5. The zero-order valence-corrected chi connectivity index (χ0v) is 17.4. The van der Waals surface area contributed by atoms with Crippen molar-refractivity contribution in [1.29, 1.82) is 0 Å². The highest BCUT2D eigenvalue weighted by atomic mass is 35.5. The molecule has 4 rings (SSSR count). The lowest BCUT2D eigenvalue weighted by atomic mass is 10.2. The number of aromatic nitrogens is 2. The molecule has 0 aliphatic carbocycles. The number of phenols is 1. The summed E-state index contributed by atoms with van der Waals surface area (Å²) < 4.78 is 25.5. The van der Waals surface area contributed by atoms with Crippen LogP contribution < -0.4 is 10.1 Å². The molecule has 1 fully saturated rings. The van der Waals surface area contributed by atoms with Crippen molar-refractivity contribution in [3.63, 3.8) is 0 Å². The topological polar surface area (TPSA) is 79.7 Å². The lowest BCUT2D eigenvalue weighted by Gasteiger charge is -2.26. The normalized spacial score (nSPS) is 14.8. The van der Waals surface area contributed by atoms with E-state index in [9.17, 15) is 9.50 Å². The van der Waals surface area contributed by atoms with Crippen LogP contribution in [-0.4, -0.2) is 59.4 Å². The van der Waals surface area contributed by atoms with E-state index in [0.717, 1.165) is 19.6 Å². The number of nitrogens with one attached hydrogen (secondary N) is 1. The monoisotopic (exact) mass is 452 g/mol. The Balaban J connectivity index is 1.53. The van der Waals surface area contributed by atoms with Crippen LogP contribution in [0.1, 0.15) is 0 Å². The van der Waals surface area contributed by atoms with Gasteiger partial charge in [0.15, 0.2) is 17.3 Å². The number of phenolic OH excluding ortho intramolecular Hbond substituents is 1. The fraction of sp³-hybridized carbons (Fsp3) is 0.300. The first kappa shape index (κ1) is 20.9. The number of morpholine rings is 1. The predicted octanol–water partition coefficient (Wildman–Crippen LogP) is 4.24. The maximum absolute atomic E-state index is 14.4. The van der Waals surface area contributed by atoms with Gasteiger partial charge in [0.2, 0.25) is 0 Å². The van der Waals surface area contributed by atoms with Gasteiger partial charge in [0.1, 0.15) is 18.8 Å². The predicted molar refractivity (Wildman–Crippen MR) is 114 cm³/mol. The van der Waals surface area contributed by atoms with Crippen molar-refractivity contribution in [1.82, 2.24) is 14.9 Å². The first-order valence-electron chi connectivity index (χ1n) is 9.34. The molecule has 1 aromatic heterocycles. The molecule has 3 aromatic rings. The summed E-state index contributed by atoms with van der Waals surface area (Å²) >= 11 is 11.7. The minimum absolute atomic E-state index is 0.0584. The summed E-state index contributed by atoms with van der Waals surface area (Å²) in [6, 6.07) is 6.05. The summed E-state index contributed by atoms with van der Waals surface area (Å²) in [4.78, 5) is 10.6. The van der Waals surface area contributed by atoms with Crippen molar-refractivity contribution >= 4 is 45.6 Å². The molecule has 0 spiro atoms. The molecule has 2 aromatic carbocycles. The molecule has 7 nitrogen and oxygen atoms in total. The van der Waals surface area contributed by atoms with Crippen LogP contribution in [0.25, 0.3) is 10.9 Å². The number of aromatic hydroxyl groups is 1. The molecule has 0 atom stereocenters. The number of hydrogen-bond acceptors (Lipinski definition) is 7. The van der Waals surface area contributed by atoms with Crippen LogP contribution in [0.3, 0.4) is 0 Å². The molecule has 2 N–H and O–H groups in total. The van der Waals surface area contributed by atoms with Gasteiger partial charge in [0.25, 0.3) is 0 Å². The second kappa shape index (κ2) is 9.18. The van der Waals surface area contributed by atoms with Crippen LogP contribution >= 0.6 is 23.2 Å². The molecule has 158 valence electrons. The molecule has 2 heterocycles.